The summed E-state index contributed by atoms with van der Waals surface area (Å²) in [7, 11) is 0. The van der Waals surface area contributed by atoms with E-state index in [1.54, 1.807) is 6.20 Å². The van der Waals surface area contributed by atoms with Crippen molar-refractivity contribution in [2.24, 2.45) is 11.3 Å². The lowest BCUT2D eigenvalue weighted by Gasteiger charge is -2.38. The van der Waals surface area contributed by atoms with Crippen LogP contribution in [0.3, 0.4) is 0 Å². The van der Waals surface area contributed by atoms with E-state index in [1.165, 1.54) is 0 Å². The van der Waals surface area contributed by atoms with Crippen molar-refractivity contribution in [2.75, 3.05) is 25.0 Å². The van der Waals surface area contributed by atoms with Gasteiger partial charge in [-0.2, -0.15) is 0 Å². The predicted octanol–water partition coefficient (Wildman–Crippen LogP) is 3.41. The zero-order chi connectivity index (χ0) is 15.5. The minimum atomic E-state index is 0.109. The van der Waals surface area contributed by atoms with Crippen LogP contribution in [0.15, 0.2) is 18.3 Å². The van der Waals surface area contributed by atoms with Crippen molar-refractivity contribution in [3.05, 3.63) is 23.9 Å². The molecular weight excluding hydrogens is 262 g/mol. The molecule has 0 saturated carbocycles. The highest BCUT2D eigenvalue weighted by molar-refractivity contribution is 5.94. The summed E-state index contributed by atoms with van der Waals surface area (Å²) in [6.07, 6.45) is 3.87. The molecule has 4 nitrogen and oxygen atoms in total. The smallest absolute Gasteiger partial charge is 0.255 e. The normalized spacial score (nSPS) is 16.9. The van der Waals surface area contributed by atoms with E-state index in [9.17, 15) is 4.79 Å². The third-order valence-electron chi connectivity index (χ3n) is 4.38. The van der Waals surface area contributed by atoms with Crippen molar-refractivity contribution in [3.63, 3.8) is 0 Å². The van der Waals surface area contributed by atoms with Crippen LogP contribution in [0.5, 0.6) is 0 Å². The van der Waals surface area contributed by atoms with Gasteiger partial charge in [-0.15, -0.1) is 0 Å². The summed E-state index contributed by atoms with van der Waals surface area (Å²) >= 11 is 0. The lowest BCUT2D eigenvalue weighted by Crippen LogP contribution is -2.41. The van der Waals surface area contributed by atoms with E-state index in [2.05, 4.69) is 31.1 Å². The Morgan fingerprint density at radius 1 is 1.33 bits per heavy atom. The number of hydrogen-bond acceptors (Lipinski definition) is 3. The van der Waals surface area contributed by atoms with Gasteiger partial charge in [-0.05, 0) is 43.2 Å². The number of amides is 1. The summed E-state index contributed by atoms with van der Waals surface area (Å²) in [6.45, 7) is 11.4. The SMILES string of the molecule is CCNc1ccc(C(=O)N2CCC(C(C)(C)C)CC2)cn1. The highest BCUT2D eigenvalue weighted by Crippen LogP contribution is 2.34. The van der Waals surface area contributed by atoms with Crippen LogP contribution in [0, 0.1) is 11.3 Å². The maximum absolute atomic E-state index is 12.5. The second kappa shape index (κ2) is 6.46. The van der Waals surface area contributed by atoms with E-state index < -0.39 is 0 Å². The van der Waals surface area contributed by atoms with E-state index >= 15 is 0 Å². The maximum Gasteiger partial charge on any atom is 0.255 e. The van der Waals surface area contributed by atoms with Crippen LogP contribution in [-0.2, 0) is 0 Å². The Balaban J connectivity index is 1.95. The van der Waals surface area contributed by atoms with Crippen LogP contribution >= 0.6 is 0 Å². The fourth-order valence-corrected chi connectivity index (χ4v) is 2.94. The molecule has 0 unspecified atom stereocenters. The van der Waals surface area contributed by atoms with Crippen molar-refractivity contribution in [1.29, 1.82) is 0 Å². The Labute approximate surface area is 127 Å². The van der Waals surface area contributed by atoms with Gasteiger partial charge in [0.15, 0.2) is 0 Å². The summed E-state index contributed by atoms with van der Waals surface area (Å²) in [5.74, 6) is 1.63. The van der Waals surface area contributed by atoms with Gasteiger partial charge in [0, 0.05) is 25.8 Å². The number of pyridine rings is 1. The third-order valence-corrected chi connectivity index (χ3v) is 4.38. The molecule has 0 spiro atoms. The fourth-order valence-electron chi connectivity index (χ4n) is 2.94. The summed E-state index contributed by atoms with van der Waals surface area (Å²) in [5.41, 5.74) is 1.02. The second-order valence-electron chi connectivity index (χ2n) is 6.89. The van der Waals surface area contributed by atoms with Gasteiger partial charge in [-0.3, -0.25) is 4.79 Å². The van der Waals surface area contributed by atoms with E-state index in [-0.39, 0.29) is 5.91 Å². The molecule has 4 heteroatoms. The lowest BCUT2D eigenvalue weighted by molar-refractivity contribution is 0.0608. The molecule has 1 amide bonds. The minimum absolute atomic E-state index is 0.109. The monoisotopic (exact) mass is 289 g/mol. The summed E-state index contributed by atoms with van der Waals surface area (Å²) in [6, 6.07) is 3.74. The van der Waals surface area contributed by atoms with Gasteiger partial charge < -0.3 is 10.2 Å². The topological polar surface area (TPSA) is 45.2 Å². The number of nitrogens with zero attached hydrogens (tertiary/aromatic N) is 2. The number of carbonyl (C=O) groups is 1. The number of likely N-dealkylation sites (tertiary alicyclic amines) is 1. The van der Waals surface area contributed by atoms with E-state index in [0.29, 0.717) is 16.9 Å². The average Bonchev–Trinajstić information content (AvgIpc) is 2.47. The first-order chi connectivity index (χ1) is 9.91. The molecule has 116 valence electrons. The van der Waals surface area contributed by atoms with Gasteiger partial charge in [-0.1, -0.05) is 20.8 Å². The Hall–Kier alpha value is -1.58. The number of hydrogen-bond donors (Lipinski definition) is 1. The average molecular weight is 289 g/mol. The standard InChI is InChI=1S/C17H27N3O/c1-5-18-15-7-6-13(12-19-15)16(21)20-10-8-14(9-11-20)17(2,3)4/h6-7,12,14H,5,8-11H2,1-4H3,(H,18,19). The molecule has 1 fully saturated rings. The Morgan fingerprint density at radius 2 is 2.00 bits per heavy atom. The van der Waals surface area contributed by atoms with Crippen LogP contribution in [0.2, 0.25) is 0 Å². The van der Waals surface area contributed by atoms with Gasteiger partial charge in [0.1, 0.15) is 5.82 Å². The van der Waals surface area contributed by atoms with Gasteiger partial charge in [-0.25, -0.2) is 4.98 Å². The highest BCUT2D eigenvalue weighted by atomic mass is 16.2. The molecule has 2 heterocycles. The van der Waals surface area contributed by atoms with Gasteiger partial charge >= 0.3 is 0 Å². The quantitative estimate of drug-likeness (QED) is 0.927. The molecule has 0 radical (unpaired) electrons. The van der Waals surface area contributed by atoms with E-state index in [4.69, 9.17) is 0 Å². The first-order valence-corrected chi connectivity index (χ1v) is 7.91. The van der Waals surface area contributed by atoms with Gasteiger partial charge in [0.25, 0.3) is 5.91 Å². The Kier molecular flexibility index (Phi) is 4.86. The van der Waals surface area contributed by atoms with Crippen LogP contribution in [0.25, 0.3) is 0 Å². The predicted molar refractivity (Wildman–Crippen MR) is 86.5 cm³/mol. The molecule has 0 aromatic carbocycles. The van der Waals surface area contributed by atoms with Crippen molar-refractivity contribution < 1.29 is 4.79 Å². The number of rotatable bonds is 3. The summed E-state index contributed by atoms with van der Waals surface area (Å²) < 4.78 is 0. The second-order valence-corrected chi connectivity index (χ2v) is 6.89. The van der Waals surface area contributed by atoms with Crippen molar-refractivity contribution in [2.45, 2.75) is 40.5 Å². The number of carbonyl (C=O) groups excluding carboxylic acids is 1. The molecule has 0 bridgehead atoms. The summed E-state index contributed by atoms with van der Waals surface area (Å²) in [5, 5.41) is 3.14. The van der Waals surface area contributed by atoms with Gasteiger partial charge in [0.2, 0.25) is 0 Å². The third kappa shape index (κ3) is 3.96. The fraction of sp³-hybridized carbons (Fsp3) is 0.647. The highest BCUT2D eigenvalue weighted by Gasteiger charge is 2.30. The molecule has 1 aromatic rings. The number of nitrogens with one attached hydrogen (secondary N) is 1. The van der Waals surface area contributed by atoms with Gasteiger partial charge in [0.05, 0.1) is 5.56 Å². The molecule has 0 atom stereocenters. The van der Waals surface area contributed by atoms with E-state index in [1.807, 2.05) is 24.0 Å². The molecule has 21 heavy (non-hydrogen) atoms. The Bertz CT molecular complexity index is 468. The zero-order valence-corrected chi connectivity index (χ0v) is 13.6. The molecule has 1 saturated heterocycles. The minimum Gasteiger partial charge on any atom is -0.370 e. The lowest BCUT2D eigenvalue weighted by atomic mass is 9.75. The summed E-state index contributed by atoms with van der Waals surface area (Å²) in [4.78, 5) is 18.7. The van der Waals surface area contributed by atoms with Crippen molar-refractivity contribution in [1.82, 2.24) is 9.88 Å². The zero-order valence-electron chi connectivity index (χ0n) is 13.6. The van der Waals surface area contributed by atoms with Crippen LogP contribution in [0.4, 0.5) is 5.82 Å². The van der Waals surface area contributed by atoms with Crippen LogP contribution in [0.1, 0.15) is 50.9 Å². The molecule has 0 aliphatic carbocycles. The Morgan fingerprint density at radius 3 is 2.48 bits per heavy atom. The van der Waals surface area contributed by atoms with Crippen molar-refractivity contribution in [3.8, 4) is 0 Å². The molecule has 1 aliphatic rings. The van der Waals surface area contributed by atoms with E-state index in [0.717, 1.165) is 38.3 Å². The molecule has 1 aliphatic heterocycles. The first-order valence-electron chi connectivity index (χ1n) is 7.91. The number of aromatic nitrogens is 1. The van der Waals surface area contributed by atoms with Crippen LogP contribution in [-0.4, -0.2) is 35.4 Å². The van der Waals surface area contributed by atoms with Crippen LogP contribution < -0.4 is 5.32 Å². The maximum atomic E-state index is 12.5. The largest absolute Gasteiger partial charge is 0.370 e. The molecular formula is C17H27N3O. The molecule has 2 rings (SSSR count). The first kappa shape index (κ1) is 15.8. The molecule has 1 N–H and O–H groups in total. The number of anilines is 1. The number of piperidine rings is 1. The molecule has 1 aromatic heterocycles. The van der Waals surface area contributed by atoms with Crippen molar-refractivity contribution >= 4 is 11.7 Å².